The van der Waals surface area contributed by atoms with Crippen LogP contribution in [0.3, 0.4) is 0 Å². The fourth-order valence-corrected chi connectivity index (χ4v) is 3.16. The van der Waals surface area contributed by atoms with Gasteiger partial charge in [0.05, 0.1) is 16.7 Å². The maximum atomic E-state index is 9.54. The molecule has 0 amide bonds. The van der Waals surface area contributed by atoms with E-state index in [9.17, 15) is 5.11 Å². The minimum Gasteiger partial charge on any atom is -0.393 e. The van der Waals surface area contributed by atoms with Crippen molar-refractivity contribution in [3.05, 3.63) is 35.6 Å². The van der Waals surface area contributed by atoms with Gasteiger partial charge in [-0.1, -0.05) is 6.07 Å². The first-order chi connectivity index (χ1) is 8.83. The van der Waals surface area contributed by atoms with Gasteiger partial charge in [-0.15, -0.1) is 11.3 Å². The first-order valence-electron chi connectivity index (χ1n) is 6.38. The van der Waals surface area contributed by atoms with E-state index in [1.807, 2.05) is 18.3 Å². The van der Waals surface area contributed by atoms with Gasteiger partial charge in [0, 0.05) is 12.1 Å². The van der Waals surface area contributed by atoms with E-state index in [-0.39, 0.29) is 6.10 Å². The molecule has 18 heavy (non-hydrogen) atoms. The molecule has 0 unspecified atom stereocenters. The van der Waals surface area contributed by atoms with Crippen molar-refractivity contribution in [2.45, 2.75) is 37.7 Å². The molecule has 1 N–H and O–H groups in total. The molecule has 4 heteroatoms. The molecule has 0 saturated heterocycles. The lowest BCUT2D eigenvalue weighted by Crippen LogP contribution is -2.18. The van der Waals surface area contributed by atoms with Crippen LogP contribution < -0.4 is 0 Å². The number of nitrogens with zero attached hydrogens (tertiary/aromatic N) is 2. The second-order valence-corrected chi connectivity index (χ2v) is 5.73. The van der Waals surface area contributed by atoms with Gasteiger partial charge in [0.15, 0.2) is 0 Å². The summed E-state index contributed by atoms with van der Waals surface area (Å²) >= 11 is 1.70. The van der Waals surface area contributed by atoms with Crippen LogP contribution in [-0.4, -0.2) is 21.2 Å². The Labute approximate surface area is 111 Å². The van der Waals surface area contributed by atoms with Crippen LogP contribution in [-0.2, 0) is 0 Å². The Bertz CT molecular complexity index is 504. The minimum absolute atomic E-state index is 0.123. The maximum absolute atomic E-state index is 9.54. The molecule has 94 valence electrons. The summed E-state index contributed by atoms with van der Waals surface area (Å²) in [6, 6.07) is 6.09. The largest absolute Gasteiger partial charge is 0.393 e. The molecule has 0 spiro atoms. The molecular weight excluding hydrogens is 244 g/mol. The van der Waals surface area contributed by atoms with Crippen molar-refractivity contribution in [1.29, 1.82) is 0 Å². The highest BCUT2D eigenvalue weighted by Gasteiger charge is 2.23. The fraction of sp³-hybridized carbons (Fsp3) is 0.429. The van der Waals surface area contributed by atoms with Crippen molar-refractivity contribution in [3.8, 4) is 10.6 Å². The summed E-state index contributed by atoms with van der Waals surface area (Å²) in [5.41, 5.74) is 1.01. The normalized spacial score (nSPS) is 24.1. The second-order valence-electron chi connectivity index (χ2n) is 4.78. The number of hydrogen-bond donors (Lipinski definition) is 1. The Hall–Kier alpha value is -1.26. The van der Waals surface area contributed by atoms with E-state index in [1.54, 1.807) is 11.3 Å². The number of thiophene rings is 1. The van der Waals surface area contributed by atoms with E-state index in [2.05, 4.69) is 21.4 Å². The van der Waals surface area contributed by atoms with Gasteiger partial charge in [-0.05, 0) is 43.2 Å². The van der Waals surface area contributed by atoms with Crippen molar-refractivity contribution in [3.63, 3.8) is 0 Å². The summed E-state index contributed by atoms with van der Waals surface area (Å²) in [4.78, 5) is 10.3. The monoisotopic (exact) mass is 260 g/mol. The number of hydrogen-bond acceptors (Lipinski definition) is 4. The van der Waals surface area contributed by atoms with Gasteiger partial charge in [0.1, 0.15) is 5.82 Å². The average molecular weight is 260 g/mol. The molecule has 0 aliphatic heterocycles. The highest BCUT2D eigenvalue weighted by Crippen LogP contribution is 2.32. The van der Waals surface area contributed by atoms with E-state index in [1.165, 1.54) is 4.88 Å². The lowest BCUT2D eigenvalue weighted by atomic mass is 9.87. The molecule has 0 bridgehead atoms. The molecule has 3 nitrogen and oxygen atoms in total. The lowest BCUT2D eigenvalue weighted by Gasteiger charge is -2.24. The molecule has 2 aromatic heterocycles. The Morgan fingerprint density at radius 2 is 2.00 bits per heavy atom. The zero-order valence-corrected chi connectivity index (χ0v) is 10.9. The molecule has 3 rings (SSSR count). The number of aliphatic hydroxyl groups is 1. The summed E-state index contributed by atoms with van der Waals surface area (Å²) in [7, 11) is 0. The number of aromatic nitrogens is 2. The van der Waals surface area contributed by atoms with Crippen LogP contribution in [0, 0.1) is 0 Å². The van der Waals surface area contributed by atoms with E-state index < -0.39 is 0 Å². The van der Waals surface area contributed by atoms with E-state index >= 15 is 0 Å². The smallest absolute Gasteiger partial charge is 0.132 e. The van der Waals surface area contributed by atoms with Gasteiger partial charge in [0.25, 0.3) is 0 Å². The third kappa shape index (κ3) is 2.44. The van der Waals surface area contributed by atoms with Gasteiger partial charge in [-0.3, -0.25) is 0 Å². The van der Waals surface area contributed by atoms with Crippen LogP contribution in [0.2, 0.25) is 0 Å². The zero-order chi connectivity index (χ0) is 12.4. The summed E-state index contributed by atoms with van der Waals surface area (Å²) < 4.78 is 0. The molecule has 2 heterocycles. The second kappa shape index (κ2) is 5.16. The van der Waals surface area contributed by atoms with Crippen LogP contribution in [0.15, 0.2) is 29.8 Å². The average Bonchev–Trinajstić information content (AvgIpc) is 2.94. The first-order valence-corrected chi connectivity index (χ1v) is 7.26. The van der Waals surface area contributed by atoms with Crippen molar-refractivity contribution >= 4 is 11.3 Å². The lowest BCUT2D eigenvalue weighted by molar-refractivity contribution is 0.121. The van der Waals surface area contributed by atoms with Crippen LogP contribution >= 0.6 is 11.3 Å². The molecule has 0 aromatic carbocycles. The van der Waals surface area contributed by atoms with E-state index in [0.717, 1.165) is 37.2 Å². The molecular formula is C14H16N2OS. The summed E-state index contributed by atoms with van der Waals surface area (Å²) in [5, 5.41) is 11.6. The van der Waals surface area contributed by atoms with Crippen LogP contribution in [0.5, 0.6) is 0 Å². The number of rotatable bonds is 2. The zero-order valence-electron chi connectivity index (χ0n) is 10.1. The fourth-order valence-electron chi connectivity index (χ4n) is 2.47. The Morgan fingerprint density at radius 1 is 1.17 bits per heavy atom. The molecule has 0 atom stereocenters. The topological polar surface area (TPSA) is 46.0 Å². The minimum atomic E-state index is -0.123. The van der Waals surface area contributed by atoms with Crippen molar-refractivity contribution in [2.75, 3.05) is 0 Å². The predicted octanol–water partition coefficient (Wildman–Crippen LogP) is 3.22. The van der Waals surface area contributed by atoms with Gasteiger partial charge in [0.2, 0.25) is 0 Å². The van der Waals surface area contributed by atoms with Gasteiger partial charge in [-0.2, -0.15) is 0 Å². The Kier molecular flexibility index (Phi) is 3.39. The summed E-state index contributed by atoms with van der Waals surface area (Å²) in [6.45, 7) is 0. The summed E-state index contributed by atoms with van der Waals surface area (Å²) in [6.07, 6.45) is 5.46. The van der Waals surface area contributed by atoms with E-state index in [0.29, 0.717) is 5.92 Å². The van der Waals surface area contributed by atoms with Crippen molar-refractivity contribution in [1.82, 2.24) is 9.97 Å². The highest BCUT2D eigenvalue weighted by atomic mass is 32.1. The quantitative estimate of drug-likeness (QED) is 0.901. The number of aliphatic hydroxyl groups excluding tert-OH is 1. The third-order valence-electron chi connectivity index (χ3n) is 3.51. The Morgan fingerprint density at radius 3 is 2.72 bits per heavy atom. The maximum Gasteiger partial charge on any atom is 0.132 e. The van der Waals surface area contributed by atoms with Gasteiger partial charge >= 0.3 is 0 Å². The first kappa shape index (κ1) is 11.8. The molecule has 0 radical (unpaired) electrons. The molecule has 1 fully saturated rings. The van der Waals surface area contributed by atoms with E-state index in [4.69, 9.17) is 0 Å². The van der Waals surface area contributed by atoms with Crippen LogP contribution in [0.25, 0.3) is 10.6 Å². The molecule has 1 aliphatic rings. The third-order valence-corrected chi connectivity index (χ3v) is 4.40. The molecule has 2 aromatic rings. The van der Waals surface area contributed by atoms with Crippen LogP contribution in [0.1, 0.15) is 37.4 Å². The molecule has 1 aliphatic carbocycles. The van der Waals surface area contributed by atoms with Crippen molar-refractivity contribution in [2.24, 2.45) is 0 Å². The van der Waals surface area contributed by atoms with Gasteiger partial charge in [-0.25, -0.2) is 9.97 Å². The predicted molar refractivity (Wildman–Crippen MR) is 72.6 cm³/mol. The molecule has 1 saturated carbocycles. The van der Waals surface area contributed by atoms with Crippen molar-refractivity contribution < 1.29 is 5.11 Å². The van der Waals surface area contributed by atoms with Crippen LogP contribution in [0.4, 0.5) is 0 Å². The highest BCUT2D eigenvalue weighted by molar-refractivity contribution is 7.13. The summed E-state index contributed by atoms with van der Waals surface area (Å²) in [5.74, 6) is 1.35. The SMILES string of the molecule is OC1CCC(c2nccc(-c3cccs3)n2)CC1. The standard InChI is InChI=1S/C14H16N2OS/c17-11-5-3-10(4-6-11)14-15-8-7-12(16-14)13-2-1-9-18-13/h1-2,7-11,17H,3-6H2. The Balaban J connectivity index is 1.83. The van der Waals surface area contributed by atoms with Gasteiger partial charge < -0.3 is 5.11 Å².